The molecule has 12 heteroatoms. The van der Waals surface area contributed by atoms with E-state index in [0.29, 0.717) is 80.3 Å². The van der Waals surface area contributed by atoms with E-state index in [0.717, 1.165) is 36.0 Å². The highest BCUT2D eigenvalue weighted by Crippen LogP contribution is 2.36. The zero-order valence-corrected chi connectivity index (χ0v) is 31.0. The molecule has 286 valence electrons. The Morgan fingerprint density at radius 1 is 0.909 bits per heavy atom. The van der Waals surface area contributed by atoms with Crippen LogP contribution in [0.2, 0.25) is 0 Å². The van der Waals surface area contributed by atoms with E-state index in [1.165, 1.54) is 12.1 Å². The molecule has 0 unspecified atom stereocenters. The van der Waals surface area contributed by atoms with Crippen molar-refractivity contribution in [2.24, 2.45) is 5.92 Å². The molecule has 0 saturated carbocycles. The van der Waals surface area contributed by atoms with E-state index in [4.69, 9.17) is 29.4 Å². The normalized spacial score (nSPS) is 16.1. The van der Waals surface area contributed by atoms with Gasteiger partial charge in [0.2, 0.25) is 5.43 Å². The molecule has 2 aliphatic rings. The number of carbonyl (C=O) groups is 1. The van der Waals surface area contributed by atoms with Crippen molar-refractivity contribution in [3.05, 3.63) is 112 Å². The average Bonchev–Trinajstić information content (AvgIpc) is 3.22. The smallest absolute Gasteiger partial charge is 0.261 e. The zero-order valence-electron chi connectivity index (χ0n) is 31.0. The Morgan fingerprint density at radius 2 is 1.71 bits per heavy atom. The standard InChI is InChI=1S/C43H45FN4O7/c1-3-27-4-6-29(7-5-27)36-23-48(22-28-12-14-52-15-13-28)24-37(41(36)49)43(50)47-32-9-10-34(38(44)20-32)35-18-31(21-46-42(35)45)30-8-11-39(40(19-30)51-2)55-26-33-25-53-16-17-54-33/h4-11,18-21,23-24,28,33H,3,12-17,22,25-26H2,1-2H3,(H2,45,46)(H,47,50)/t33-/m1/s1. The number of anilines is 2. The zero-order chi connectivity index (χ0) is 38.3. The number of aryl methyl sites for hydroxylation is 1. The molecule has 0 radical (unpaired) electrons. The molecule has 5 aromatic rings. The number of nitrogens with zero attached hydrogens (tertiary/aromatic N) is 2. The topological polar surface area (TPSA) is 136 Å². The first kappa shape index (κ1) is 37.7. The number of nitrogens with one attached hydrogen (secondary N) is 1. The molecule has 0 aliphatic carbocycles. The van der Waals surface area contributed by atoms with Gasteiger partial charge in [-0.15, -0.1) is 0 Å². The molecule has 1 atom stereocenters. The van der Waals surface area contributed by atoms with Crippen molar-refractivity contribution < 1.29 is 32.9 Å². The number of pyridine rings is 2. The van der Waals surface area contributed by atoms with Gasteiger partial charge in [0.1, 0.15) is 29.9 Å². The van der Waals surface area contributed by atoms with Crippen LogP contribution in [0.3, 0.4) is 0 Å². The second-order valence-corrected chi connectivity index (χ2v) is 13.8. The maximum absolute atomic E-state index is 15.9. The third kappa shape index (κ3) is 8.88. The summed E-state index contributed by atoms with van der Waals surface area (Å²) in [6, 6.07) is 19.3. The number of hydrogen-bond acceptors (Lipinski definition) is 9. The van der Waals surface area contributed by atoms with Gasteiger partial charge in [-0.25, -0.2) is 9.37 Å². The second-order valence-electron chi connectivity index (χ2n) is 13.8. The number of aromatic nitrogens is 2. The molecule has 2 fully saturated rings. The lowest BCUT2D eigenvalue weighted by Crippen LogP contribution is -2.33. The number of halogens is 1. The maximum atomic E-state index is 15.9. The number of amides is 1. The van der Waals surface area contributed by atoms with Gasteiger partial charge in [0.05, 0.1) is 26.9 Å². The van der Waals surface area contributed by atoms with Crippen molar-refractivity contribution in [1.29, 1.82) is 0 Å². The van der Waals surface area contributed by atoms with E-state index >= 15 is 4.39 Å². The molecule has 55 heavy (non-hydrogen) atoms. The van der Waals surface area contributed by atoms with Crippen molar-refractivity contribution in [1.82, 2.24) is 9.55 Å². The average molecular weight is 749 g/mol. The Hall–Kier alpha value is -5.56. The number of nitrogens with two attached hydrogens (primary N) is 1. The fourth-order valence-electron chi connectivity index (χ4n) is 6.89. The molecule has 4 heterocycles. The molecule has 0 bridgehead atoms. The van der Waals surface area contributed by atoms with Crippen LogP contribution >= 0.6 is 0 Å². The van der Waals surface area contributed by atoms with E-state index < -0.39 is 17.2 Å². The predicted molar refractivity (Wildman–Crippen MR) is 209 cm³/mol. The molecule has 11 nitrogen and oxygen atoms in total. The second kappa shape index (κ2) is 17.3. The van der Waals surface area contributed by atoms with Crippen molar-refractivity contribution in [3.8, 4) is 44.9 Å². The van der Waals surface area contributed by atoms with Crippen LogP contribution in [-0.2, 0) is 27.2 Å². The van der Waals surface area contributed by atoms with Crippen LogP contribution in [0, 0.1) is 11.7 Å². The monoisotopic (exact) mass is 748 g/mol. The van der Waals surface area contributed by atoms with Gasteiger partial charge in [0.25, 0.3) is 5.91 Å². The van der Waals surface area contributed by atoms with Crippen LogP contribution < -0.4 is 26.0 Å². The molecule has 0 spiro atoms. The van der Waals surface area contributed by atoms with E-state index in [2.05, 4.69) is 17.2 Å². The molecule has 2 saturated heterocycles. The van der Waals surface area contributed by atoms with Crippen molar-refractivity contribution in [3.63, 3.8) is 0 Å². The summed E-state index contributed by atoms with van der Waals surface area (Å²) in [7, 11) is 1.55. The molecule has 3 N–H and O–H groups in total. The fraction of sp³-hybridized carbons (Fsp3) is 0.326. The third-order valence-corrected chi connectivity index (χ3v) is 10.0. The SMILES string of the molecule is CCc1ccc(-c2cn(CC3CCOCC3)cc(C(=O)Nc3ccc(-c4cc(-c5ccc(OC[C@H]6COCCO6)c(OC)c5)cnc4N)c(F)c3)c2=O)cc1. The van der Waals surface area contributed by atoms with Gasteiger partial charge >= 0.3 is 0 Å². The highest BCUT2D eigenvalue weighted by molar-refractivity contribution is 6.04. The van der Waals surface area contributed by atoms with Crippen LogP contribution in [0.1, 0.15) is 35.7 Å². The Bertz CT molecular complexity index is 2200. The van der Waals surface area contributed by atoms with Gasteiger partial charge < -0.3 is 39.3 Å². The molecule has 3 aromatic carbocycles. The molecule has 7 rings (SSSR count). The Morgan fingerprint density at radius 3 is 2.44 bits per heavy atom. The van der Waals surface area contributed by atoms with E-state index in [9.17, 15) is 9.59 Å². The number of rotatable bonds is 12. The van der Waals surface area contributed by atoms with Gasteiger partial charge in [-0.2, -0.15) is 0 Å². The molecule has 2 aliphatic heterocycles. The molecule has 1 amide bonds. The first-order valence-corrected chi connectivity index (χ1v) is 18.6. The Labute approximate surface area is 319 Å². The third-order valence-electron chi connectivity index (χ3n) is 10.0. The number of benzene rings is 3. The Balaban J connectivity index is 1.12. The number of nitrogen functional groups attached to an aromatic ring is 1. The van der Waals surface area contributed by atoms with E-state index in [1.54, 1.807) is 37.7 Å². The highest BCUT2D eigenvalue weighted by atomic mass is 19.1. The van der Waals surface area contributed by atoms with Gasteiger partial charge in [-0.3, -0.25) is 9.59 Å². The molecule has 2 aromatic heterocycles. The van der Waals surface area contributed by atoms with Gasteiger partial charge in [0, 0.05) is 66.3 Å². The van der Waals surface area contributed by atoms with Crippen LogP contribution in [-0.4, -0.2) is 68.3 Å². The van der Waals surface area contributed by atoms with Crippen molar-refractivity contribution in [2.75, 3.05) is 57.8 Å². The summed E-state index contributed by atoms with van der Waals surface area (Å²) in [4.78, 5) is 31.9. The minimum atomic E-state index is -0.631. The summed E-state index contributed by atoms with van der Waals surface area (Å²) in [6.45, 7) is 5.94. The largest absolute Gasteiger partial charge is 0.493 e. The molecular weight excluding hydrogens is 703 g/mol. The van der Waals surface area contributed by atoms with Crippen LogP contribution in [0.4, 0.5) is 15.9 Å². The lowest BCUT2D eigenvalue weighted by Gasteiger charge is -2.23. The lowest BCUT2D eigenvalue weighted by atomic mass is 9.99. The first-order valence-electron chi connectivity index (χ1n) is 18.6. The predicted octanol–water partition coefficient (Wildman–Crippen LogP) is 7.01. The summed E-state index contributed by atoms with van der Waals surface area (Å²) in [5.41, 5.74) is 10.3. The molecular formula is C43H45FN4O7. The minimum absolute atomic E-state index is 0.0297. The lowest BCUT2D eigenvalue weighted by molar-refractivity contribution is -0.101. The summed E-state index contributed by atoms with van der Waals surface area (Å²) < 4.78 is 46.0. The first-order chi connectivity index (χ1) is 26.8. The van der Waals surface area contributed by atoms with Gasteiger partial charge in [0.15, 0.2) is 11.5 Å². The minimum Gasteiger partial charge on any atom is -0.493 e. The van der Waals surface area contributed by atoms with Crippen molar-refractivity contribution in [2.45, 2.75) is 38.8 Å². The number of ether oxygens (including phenoxy) is 5. The van der Waals surface area contributed by atoms with Crippen LogP contribution in [0.15, 0.2) is 90.1 Å². The number of hydrogen-bond donors (Lipinski definition) is 2. The van der Waals surface area contributed by atoms with E-state index in [1.807, 2.05) is 47.2 Å². The summed E-state index contributed by atoms with van der Waals surface area (Å²) in [5.74, 6) is 0.282. The highest BCUT2D eigenvalue weighted by Gasteiger charge is 2.21. The van der Waals surface area contributed by atoms with Crippen LogP contribution in [0.25, 0.3) is 33.4 Å². The van der Waals surface area contributed by atoms with Crippen LogP contribution in [0.5, 0.6) is 11.5 Å². The van der Waals surface area contributed by atoms with E-state index in [-0.39, 0.29) is 28.7 Å². The van der Waals surface area contributed by atoms with Crippen molar-refractivity contribution >= 4 is 17.4 Å². The quantitative estimate of drug-likeness (QED) is 0.138. The number of carbonyl (C=O) groups excluding carboxylic acids is 1. The summed E-state index contributed by atoms with van der Waals surface area (Å²) >= 11 is 0. The maximum Gasteiger partial charge on any atom is 0.261 e. The number of methoxy groups -OCH3 is 1. The summed E-state index contributed by atoms with van der Waals surface area (Å²) in [5, 5.41) is 2.75. The fourth-order valence-corrected chi connectivity index (χ4v) is 6.89. The Kier molecular flexibility index (Phi) is 11.9. The van der Waals surface area contributed by atoms with Gasteiger partial charge in [-0.05, 0) is 78.3 Å². The summed E-state index contributed by atoms with van der Waals surface area (Å²) in [6.07, 6.45) is 7.50. The van der Waals surface area contributed by atoms with Gasteiger partial charge in [-0.1, -0.05) is 37.3 Å².